The molecule has 274 valence electrons. The topological polar surface area (TPSA) is 116 Å². The Balaban J connectivity index is 1.71. The first-order valence-corrected chi connectivity index (χ1v) is 18.8. The predicted octanol–water partition coefficient (Wildman–Crippen LogP) is 7.99. The van der Waals surface area contributed by atoms with Gasteiger partial charge in [-0.3, -0.25) is 14.4 Å². The van der Waals surface area contributed by atoms with Gasteiger partial charge in [-0.25, -0.2) is 4.79 Å². The van der Waals surface area contributed by atoms with Gasteiger partial charge in [-0.15, -0.1) is 0 Å². The molecule has 50 heavy (non-hydrogen) atoms. The lowest BCUT2D eigenvalue weighted by molar-refractivity contribution is -0.166. The van der Waals surface area contributed by atoms with E-state index in [1.807, 2.05) is 33.8 Å². The highest BCUT2D eigenvalue weighted by atomic mass is 16.6. The molecule has 5 aliphatic rings. The van der Waals surface area contributed by atoms with Crippen molar-refractivity contribution in [2.75, 3.05) is 0 Å². The largest absolute Gasteiger partial charge is 0.462 e. The van der Waals surface area contributed by atoms with E-state index in [1.165, 1.54) is 6.92 Å². The highest BCUT2D eigenvalue weighted by molar-refractivity contribution is 5.96. The molecule has 4 bridgehead atoms. The highest BCUT2D eigenvalue weighted by Gasteiger charge is 2.65. The van der Waals surface area contributed by atoms with Crippen molar-refractivity contribution < 1.29 is 38.5 Å². The summed E-state index contributed by atoms with van der Waals surface area (Å²) in [5, 5.41) is 11.3. The maximum Gasteiger partial charge on any atom is 0.334 e. The molecule has 8 heteroatoms. The summed E-state index contributed by atoms with van der Waals surface area (Å²) in [5.41, 5.74) is 3.65. The van der Waals surface area contributed by atoms with Gasteiger partial charge in [0.05, 0.1) is 11.5 Å². The molecular formula is C42H58O8. The van der Waals surface area contributed by atoms with Gasteiger partial charge in [-0.2, -0.15) is 0 Å². The van der Waals surface area contributed by atoms with E-state index >= 15 is 0 Å². The Morgan fingerprint density at radius 2 is 1.70 bits per heavy atom. The Labute approximate surface area is 298 Å². The molecule has 0 radical (unpaired) electrons. The fourth-order valence-corrected chi connectivity index (χ4v) is 9.54. The van der Waals surface area contributed by atoms with Crippen molar-refractivity contribution in [1.29, 1.82) is 0 Å². The maximum absolute atomic E-state index is 14.9. The van der Waals surface area contributed by atoms with E-state index < -0.39 is 41.2 Å². The summed E-state index contributed by atoms with van der Waals surface area (Å²) < 4.78 is 18.6. The van der Waals surface area contributed by atoms with Crippen LogP contribution in [0, 0.1) is 29.1 Å². The summed E-state index contributed by atoms with van der Waals surface area (Å²) in [5.74, 6) is -2.33. The lowest BCUT2D eigenvalue weighted by Gasteiger charge is -2.46. The molecular weight excluding hydrogens is 632 g/mol. The van der Waals surface area contributed by atoms with Gasteiger partial charge in [0, 0.05) is 43.1 Å². The number of ether oxygens (including phenoxy) is 3. The minimum Gasteiger partial charge on any atom is -0.462 e. The van der Waals surface area contributed by atoms with Crippen LogP contribution in [0.15, 0.2) is 57.7 Å². The number of fused-ring (bicyclic) bond motifs is 4. The van der Waals surface area contributed by atoms with Gasteiger partial charge in [0.1, 0.15) is 17.8 Å². The van der Waals surface area contributed by atoms with Crippen LogP contribution in [-0.2, 0) is 33.4 Å². The van der Waals surface area contributed by atoms with E-state index in [4.69, 9.17) is 14.2 Å². The van der Waals surface area contributed by atoms with Crippen molar-refractivity contribution in [3.8, 4) is 0 Å². The molecule has 1 saturated heterocycles. The number of rotatable bonds is 2. The Hall–Kier alpha value is -3.26. The molecule has 0 saturated carbocycles. The minimum absolute atomic E-state index is 0.00108. The van der Waals surface area contributed by atoms with E-state index in [0.717, 1.165) is 34.3 Å². The molecule has 0 aromatic carbocycles. The van der Waals surface area contributed by atoms with Crippen LogP contribution in [0.1, 0.15) is 126 Å². The van der Waals surface area contributed by atoms with E-state index in [1.54, 1.807) is 6.08 Å². The summed E-state index contributed by atoms with van der Waals surface area (Å²) in [6, 6.07) is 0. The Kier molecular flexibility index (Phi) is 11.5. The number of carbonyl (C=O) groups is 4. The molecule has 5 rings (SSSR count). The number of hydrogen-bond donors (Lipinski definition) is 1. The smallest absolute Gasteiger partial charge is 0.334 e. The first kappa shape index (κ1) is 38.0. The van der Waals surface area contributed by atoms with Crippen molar-refractivity contribution in [2.45, 2.75) is 150 Å². The Morgan fingerprint density at radius 1 is 0.960 bits per heavy atom. The molecule has 0 aromatic rings. The van der Waals surface area contributed by atoms with Gasteiger partial charge in [0.15, 0.2) is 5.78 Å². The summed E-state index contributed by atoms with van der Waals surface area (Å²) in [4.78, 5) is 55.0. The van der Waals surface area contributed by atoms with Gasteiger partial charge in [-0.1, -0.05) is 59.9 Å². The summed E-state index contributed by atoms with van der Waals surface area (Å²) in [7, 11) is 0. The first-order chi connectivity index (χ1) is 23.6. The number of aliphatic hydroxyl groups is 1. The predicted molar refractivity (Wildman–Crippen MR) is 192 cm³/mol. The van der Waals surface area contributed by atoms with Gasteiger partial charge in [0.25, 0.3) is 0 Å². The standard InChI is InChI=1S/C42H58O8/c1-24(2)37-35(48-29(7)43)21-26(4)12-9-11-25(3)19-31(44)23-42-33-20-27(5)14-17-36(45)41(8)18-10-13-30(39(46)50-41)15-16-32(33)28(6)22-34(42)38(37)49-40(42)47/h12-13,19-20,24,33-38,45H,9-11,14-18,21-23H2,1-8H3. The van der Waals surface area contributed by atoms with Crippen molar-refractivity contribution in [1.82, 2.24) is 0 Å². The highest BCUT2D eigenvalue weighted by Crippen LogP contribution is 2.60. The zero-order valence-electron chi connectivity index (χ0n) is 31.4. The number of allylic oxidation sites excluding steroid dienone is 8. The molecule has 0 spiro atoms. The van der Waals surface area contributed by atoms with Crippen LogP contribution in [0.4, 0.5) is 0 Å². The zero-order chi connectivity index (χ0) is 36.5. The van der Waals surface area contributed by atoms with E-state index in [2.05, 4.69) is 32.9 Å². The van der Waals surface area contributed by atoms with Crippen molar-refractivity contribution in [2.24, 2.45) is 29.1 Å². The SMILES string of the molecule is CC(=O)OC1CC(C)=CCCC(C)=CC(=O)CC23C(=O)OC(C1C(C)C)C2CC(C)=C1CCC2=CCCC(C)(OC2=O)C(O)CCC(C)=CC13. The van der Waals surface area contributed by atoms with Gasteiger partial charge in [-0.05, 0) is 104 Å². The third-order valence-electron chi connectivity index (χ3n) is 12.3. The average molecular weight is 691 g/mol. The molecule has 8 atom stereocenters. The summed E-state index contributed by atoms with van der Waals surface area (Å²) >= 11 is 0. The van der Waals surface area contributed by atoms with Crippen molar-refractivity contribution in [3.05, 3.63) is 57.7 Å². The lowest BCUT2D eigenvalue weighted by Crippen LogP contribution is -2.49. The number of hydrogen-bond acceptors (Lipinski definition) is 8. The van der Waals surface area contributed by atoms with Gasteiger partial charge >= 0.3 is 17.9 Å². The molecule has 2 aliphatic carbocycles. The third kappa shape index (κ3) is 7.66. The summed E-state index contributed by atoms with van der Waals surface area (Å²) in [6.45, 7) is 15.6. The van der Waals surface area contributed by atoms with Crippen LogP contribution in [-0.4, -0.2) is 52.7 Å². The van der Waals surface area contributed by atoms with Crippen LogP contribution in [0.2, 0.25) is 0 Å². The second kappa shape index (κ2) is 15.1. The zero-order valence-corrected chi connectivity index (χ0v) is 31.4. The van der Waals surface area contributed by atoms with E-state index in [0.29, 0.717) is 63.4 Å². The molecule has 8 unspecified atom stereocenters. The number of ketones is 1. The number of aliphatic hydroxyl groups excluding tert-OH is 1. The molecule has 1 N–H and O–H groups in total. The third-order valence-corrected chi connectivity index (χ3v) is 12.3. The quantitative estimate of drug-likeness (QED) is 0.176. The van der Waals surface area contributed by atoms with Crippen LogP contribution >= 0.6 is 0 Å². The van der Waals surface area contributed by atoms with Crippen LogP contribution in [0.3, 0.4) is 0 Å². The fraction of sp³-hybridized carbons (Fsp3) is 0.667. The van der Waals surface area contributed by atoms with E-state index in [9.17, 15) is 24.3 Å². The Morgan fingerprint density at radius 3 is 2.40 bits per heavy atom. The molecule has 0 aromatic heterocycles. The lowest BCUT2D eigenvalue weighted by atomic mass is 9.54. The van der Waals surface area contributed by atoms with Crippen molar-refractivity contribution >= 4 is 23.7 Å². The molecule has 1 fully saturated rings. The molecule has 0 amide bonds. The van der Waals surface area contributed by atoms with Crippen LogP contribution < -0.4 is 0 Å². The fourth-order valence-electron chi connectivity index (χ4n) is 9.54. The average Bonchev–Trinajstić information content (AvgIpc) is 3.17. The normalized spacial score (nSPS) is 36.1. The molecule has 3 aliphatic heterocycles. The second-order valence-electron chi connectivity index (χ2n) is 16.4. The number of esters is 3. The van der Waals surface area contributed by atoms with Gasteiger partial charge in [0.2, 0.25) is 0 Å². The van der Waals surface area contributed by atoms with Gasteiger partial charge < -0.3 is 19.3 Å². The monoisotopic (exact) mass is 690 g/mol. The van der Waals surface area contributed by atoms with Crippen LogP contribution in [0.25, 0.3) is 0 Å². The first-order valence-electron chi connectivity index (χ1n) is 18.8. The van der Waals surface area contributed by atoms with Crippen LogP contribution in [0.5, 0.6) is 0 Å². The molecule has 3 heterocycles. The maximum atomic E-state index is 14.9. The van der Waals surface area contributed by atoms with E-state index in [-0.39, 0.29) is 41.9 Å². The molecule has 8 nitrogen and oxygen atoms in total. The minimum atomic E-state index is -1.19. The van der Waals surface area contributed by atoms with Crippen molar-refractivity contribution in [3.63, 3.8) is 0 Å². The Bertz CT molecular complexity index is 1540. The number of carbonyl (C=O) groups excluding carboxylic acids is 4. The second-order valence-corrected chi connectivity index (χ2v) is 16.4. The summed E-state index contributed by atoms with van der Waals surface area (Å²) in [6.07, 6.45) is 11.6.